The molecule has 0 amide bonds. The molecule has 0 fully saturated rings. The van der Waals surface area contributed by atoms with Gasteiger partial charge in [-0.15, -0.1) is 0 Å². The first-order chi connectivity index (χ1) is 21.1. The first-order valence-electron chi connectivity index (χ1n) is 14.1. The van der Waals surface area contributed by atoms with Crippen LogP contribution in [0.4, 0.5) is 0 Å². The first-order valence-corrected chi connectivity index (χ1v) is 14.1. The number of pyridine rings is 2. The van der Waals surface area contributed by atoms with Gasteiger partial charge in [0.25, 0.3) is 11.1 Å². The van der Waals surface area contributed by atoms with Gasteiger partial charge in [0.15, 0.2) is 0 Å². The summed E-state index contributed by atoms with van der Waals surface area (Å²) in [4.78, 5) is 37.7. The van der Waals surface area contributed by atoms with Crippen LogP contribution in [0.5, 0.6) is 5.75 Å². The van der Waals surface area contributed by atoms with Crippen LogP contribution in [-0.2, 0) is 0 Å². The normalized spacial score (nSPS) is 12.9. The summed E-state index contributed by atoms with van der Waals surface area (Å²) >= 11 is 0. The molecule has 43 heavy (non-hydrogen) atoms. The van der Waals surface area contributed by atoms with Crippen molar-refractivity contribution in [2.45, 2.75) is 0 Å². The molecule has 1 N–H and O–H groups in total. The minimum absolute atomic E-state index is 0.0304. The minimum Gasteiger partial charge on any atom is -0.507 e. The van der Waals surface area contributed by atoms with Crippen molar-refractivity contribution < 1.29 is 5.11 Å². The second-order valence-electron chi connectivity index (χ2n) is 11.4. The lowest BCUT2D eigenvalue weighted by molar-refractivity contribution is 0.482. The molecule has 0 aliphatic rings. The zero-order valence-corrected chi connectivity index (χ0v) is 22.2. The van der Waals surface area contributed by atoms with Crippen LogP contribution < -0.4 is 11.1 Å². The van der Waals surface area contributed by atoms with E-state index >= 15 is 0 Å². The van der Waals surface area contributed by atoms with E-state index in [1.54, 1.807) is 14.9 Å². The highest BCUT2D eigenvalue weighted by Gasteiger charge is 2.25. The van der Waals surface area contributed by atoms with Crippen LogP contribution in [0.15, 0.2) is 101 Å². The summed E-state index contributed by atoms with van der Waals surface area (Å²) in [5, 5.41) is 21.1. The zero-order chi connectivity index (χ0) is 28.3. The summed E-state index contributed by atoms with van der Waals surface area (Å²) in [5.74, 6) is 0.0304. The van der Waals surface area contributed by atoms with Gasteiger partial charge in [-0.05, 0) is 70.1 Å². The van der Waals surface area contributed by atoms with E-state index in [0.717, 1.165) is 70.5 Å². The molecule has 0 aliphatic heterocycles. The van der Waals surface area contributed by atoms with E-state index in [4.69, 9.17) is 9.97 Å². The second kappa shape index (κ2) is 6.86. The predicted octanol–water partition coefficient (Wildman–Crippen LogP) is 6.95. The maximum Gasteiger partial charge on any atom is 0.264 e. The number of aromatic nitrogens is 4. The third-order valence-electron chi connectivity index (χ3n) is 9.45. The van der Waals surface area contributed by atoms with Gasteiger partial charge in [0.05, 0.1) is 27.5 Å². The summed E-state index contributed by atoms with van der Waals surface area (Å²) in [7, 11) is 0. The Labute approximate surface area is 239 Å². The third-order valence-corrected chi connectivity index (χ3v) is 9.45. The van der Waals surface area contributed by atoms with Crippen LogP contribution in [0.2, 0.25) is 0 Å². The van der Waals surface area contributed by atoms with Crippen LogP contribution in [0.25, 0.3) is 98.0 Å². The van der Waals surface area contributed by atoms with Crippen molar-refractivity contribution in [1.29, 1.82) is 0 Å². The molecule has 0 aliphatic carbocycles. The molecule has 198 valence electrons. The Kier molecular flexibility index (Phi) is 3.45. The SMILES string of the molecule is O=c1c2ccc3c4ccc5c6c(cc(O)c(c7ccc(c2c37)c2nc3ccccc3n12)c46)c(=O)n1c2ccccc2nc51. The Morgan fingerprint density at radius 1 is 0.465 bits per heavy atom. The van der Waals surface area contributed by atoms with Crippen molar-refractivity contribution in [3.05, 3.63) is 112 Å². The van der Waals surface area contributed by atoms with Gasteiger partial charge in [0.1, 0.15) is 17.0 Å². The average molecular weight is 553 g/mol. The maximum absolute atomic E-state index is 14.0. The fourth-order valence-electron chi connectivity index (χ4n) is 7.76. The van der Waals surface area contributed by atoms with Crippen LogP contribution >= 0.6 is 0 Å². The lowest BCUT2D eigenvalue weighted by Gasteiger charge is -2.19. The van der Waals surface area contributed by atoms with Gasteiger partial charge in [-0.25, -0.2) is 9.97 Å². The Morgan fingerprint density at radius 3 is 1.58 bits per heavy atom. The number of fused-ring (bicyclic) bond motifs is 10. The molecule has 11 aromatic rings. The molecule has 4 heterocycles. The van der Waals surface area contributed by atoms with E-state index in [1.807, 2.05) is 78.9 Å². The number of phenols is 1. The fourth-order valence-corrected chi connectivity index (χ4v) is 7.76. The summed E-state index contributed by atoms with van der Waals surface area (Å²) in [6, 6.07) is 28.9. The van der Waals surface area contributed by atoms with E-state index in [0.29, 0.717) is 27.5 Å². The number of phenolic OH excluding ortho intramolecular Hbond substituents is 1. The molecule has 0 atom stereocenters. The molecule has 7 nitrogen and oxygen atoms in total. The highest BCUT2D eigenvalue weighted by molar-refractivity contribution is 6.41. The quantitative estimate of drug-likeness (QED) is 0.163. The summed E-state index contributed by atoms with van der Waals surface area (Å²) in [5.41, 5.74) is 3.91. The smallest absolute Gasteiger partial charge is 0.264 e. The fraction of sp³-hybridized carbons (Fsp3) is 0. The molecular weight excluding hydrogens is 536 g/mol. The number of imidazole rings is 2. The molecule has 0 saturated carbocycles. The van der Waals surface area contributed by atoms with Crippen molar-refractivity contribution in [3.63, 3.8) is 0 Å². The highest BCUT2D eigenvalue weighted by Crippen LogP contribution is 2.48. The highest BCUT2D eigenvalue weighted by atomic mass is 16.3. The van der Waals surface area contributed by atoms with Crippen molar-refractivity contribution >= 4 is 98.0 Å². The standard InChI is InChI=1S/C36H16N4O3/c41-27-15-22-30-20(34-38-24-6-2-4-8-26(24)40(34)36(22)43)12-9-17-16-10-14-21-29-19(13-11-18(28(16)29)31(27)32(17)30)33-37-23-5-1-3-7-25(23)39(33)35(21)42/h1-15,41H. The lowest BCUT2D eigenvalue weighted by atomic mass is 9.85. The van der Waals surface area contributed by atoms with Gasteiger partial charge < -0.3 is 5.11 Å². The first kappa shape index (κ1) is 21.6. The number of hydrogen-bond acceptors (Lipinski definition) is 5. The Bertz CT molecular complexity index is 3180. The lowest BCUT2D eigenvalue weighted by Crippen LogP contribution is -2.14. The molecular formula is C36H16N4O3. The Balaban J connectivity index is 1.42. The molecule has 7 aromatic carbocycles. The monoisotopic (exact) mass is 552 g/mol. The number of aromatic hydroxyl groups is 1. The van der Waals surface area contributed by atoms with E-state index < -0.39 is 0 Å². The van der Waals surface area contributed by atoms with Crippen molar-refractivity contribution in [2.24, 2.45) is 0 Å². The van der Waals surface area contributed by atoms with Crippen LogP contribution in [0.1, 0.15) is 0 Å². The molecule has 0 spiro atoms. The largest absolute Gasteiger partial charge is 0.507 e. The van der Waals surface area contributed by atoms with Crippen LogP contribution in [0, 0.1) is 0 Å². The Morgan fingerprint density at radius 2 is 0.930 bits per heavy atom. The van der Waals surface area contributed by atoms with Gasteiger partial charge in [-0.2, -0.15) is 0 Å². The second-order valence-corrected chi connectivity index (χ2v) is 11.4. The van der Waals surface area contributed by atoms with Gasteiger partial charge in [0, 0.05) is 37.7 Å². The van der Waals surface area contributed by atoms with Crippen molar-refractivity contribution in [1.82, 2.24) is 18.8 Å². The maximum atomic E-state index is 14.0. The van der Waals surface area contributed by atoms with Crippen LogP contribution in [-0.4, -0.2) is 23.9 Å². The average Bonchev–Trinajstić information content (AvgIpc) is 3.62. The minimum atomic E-state index is -0.212. The molecule has 0 unspecified atom stereocenters. The molecule has 0 bridgehead atoms. The predicted molar refractivity (Wildman–Crippen MR) is 172 cm³/mol. The van der Waals surface area contributed by atoms with Crippen molar-refractivity contribution in [3.8, 4) is 5.75 Å². The van der Waals surface area contributed by atoms with Gasteiger partial charge in [0.2, 0.25) is 0 Å². The number of rotatable bonds is 0. The Hall–Kier alpha value is -6.08. The molecule has 11 rings (SSSR count). The zero-order valence-electron chi connectivity index (χ0n) is 22.2. The number of hydrogen-bond donors (Lipinski definition) is 1. The van der Waals surface area contributed by atoms with E-state index in [-0.39, 0.29) is 16.9 Å². The van der Waals surface area contributed by atoms with Crippen molar-refractivity contribution in [2.75, 3.05) is 0 Å². The number of benzene rings is 7. The topological polar surface area (TPSA) is 89.0 Å². The summed E-state index contributed by atoms with van der Waals surface area (Å²) in [6.45, 7) is 0. The van der Waals surface area contributed by atoms with E-state index in [2.05, 4.69) is 6.07 Å². The summed E-state index contributed by atoms with van der Waals surface area (Å²) < 4.78 is 3.35. The van der Waals surface area contributed by atoms with E-state index in [1.165, 1.54) is 0 Å². The van der Waals surface area contributed by atoms with Crippen LogP contribution in [0.3, 0.4) is 0 Å². The van der Waals surface area contributed by atoms with Gasteiger partial charge in [-0.3, -0.25) is 18.4 Å². The van der Waals surface area contributed by atoms with Gasteiger partial charge in [-0.1, -0.05) is 42.5 Å². The number of para-hydroxylation sites is 4. The van der Waals surface area contributed by atoms with Gasteiger partial charge >= 0.3 is 0 Å². The molecule has 0 radical (unpaired) electrons. The molecule has 7 heteroatoms. The third kappa shape index (κ3) is 2.27. The number of nitrogens with zero attached hydrogens (tertiary/aromatic N) is 4. The summed E-state index contributed by atoms with van der Waals surface area (Å²) in [6.07, 6.45) is 0. The molecule has 4 aromatic heterocycles. The molecule has 0 saturated heterocycles. The van der Waals surface area contributed by atoms with E-state index in [9.17, 15) is 14.7 Å².